The van der Waals surface area contributed by atoms with Crippen molar-refractivity contribution in [2.75, 3.05) is 13.2 Å². The summed E-state index contributed by atoms with van der Waals surface area (Å²) in [7, 11) is 0. The lowest BCUT2D eigenvalue weighted by Crippen LogP contribution is -2.05. The third-order valence-corrected chi connectivity index (χ3v) is 3.25. The van der Waals surface area contributed by atoms with Crippen molar-refractivity contribution in [3.05, 3.63) is 29.1 Å². The lowest BCUT2D eigenvalue weighted by Gasteiger charge is -2.08. The van der Waals surface area contributed by atoms with E-state index in [1.54, 1.807) is 0 Å². The number of aromatic nitrogens is 2. The fraction of sp³-hybridized carbons (Fsp3) is 0.333. The van der Waals surface area contributed by atoms with Gasteiger partial charge in [0.15, 0.2) is 0 Å². The molecule has 0 amide bonds. The smallest absolute Gasteiger partial charge is 0.128 e. The number of para-hydroxylation sites is 1. The van der Waals surface area contributed by atoms with Crippen molar-refractivity contribution in [2.24, 2.45) is 0 Å². The molecule has 1 aromatic carbocycles. The van der Waals surface area contributed by atoms with Gasteiger partial charge >= 0.3 is 0 Å². The molecule has 5 heteroatoms. The third-order valence-electron chi connectivity index (χ3n) is 2.62. The molecule has 88 valence electrons. The quantitative estimate of drug-likeness (QED) is 0.779. The summed E-state index contributed by atoms with van der Waals surface area (Å²) in [4.78, 5) is 1.10. The number of ether oxygens (including phenoxy) is 2. The Bertz CT molecular complexity index is 523. The lowest BCUT2D eigenvalue weighted by atomic mass is 10.1. The molecule has 0 N–H and O–H groups in total. The van der Waals surface area contributed by atoms with Crippen LogP contribution in [-0.2, 0) is 4.74 Å². The highest BCUT2D eigenvalue weighted by Gasteiger charge is 2.23. The predicted octanol–water partition coefficient (Wildman–Crippen LogP) is 2.29. The minimum Gasteiger partial charge on any atom is -0.490 e. The van der Waals surface area contributed by atoms with E-state index in [9.17, 15) is 0 Å². The van der Waals surface area contributed by atoms with E-state index >= 15 is 0 Å². The summed E-state index contributed by atoms with van der Waals surface area (Å²) in [5.74, 6) is 0.846. The number of hydrogen-bond donors (Lipinski definition) is 0. The van der Waals surface area contributed by atoms with Gasteiger partial charge in [-0.05, 0) is 30.6 Å². The monoisotopic (exact) mass is 248 g/mol. The molecular formula is C12H12N2O2S. The first-order valence-electron chi connectivity index (χ1n) is 5.47. The van der Waals surface area contributed by atoms with Gasteiger partial charge in [0.2, 0.25) is 0 Å². The van der Waals surface area contributed by atoms with Gasteiger partial charge in [0.25, 0.3) is 0 Å². The molecule has 1 atom stereocenters. The Hall–Kier alpha value is -1.46. The minimum absolute atomic E-state index is 0.262. The van der Waals surface area contributed by atoms with Gasteiger partial charge in [0.1, 0.15) is 24.2 Å². The van der Waals surface area contributed by atoms with Crippen molar-refractivity contribution >= 4 is 11.5 Å². The van der Waals surface area contributed by atoms with Crippen LogP contribution in [0.25, 0.3) is 11.3 Å². The molecule has 1 saturated heterocycles. The van der Waals surface area contributed by atoms with Crippen molar-refractivity contribution in [2.45, 2.75) is 13.0 Å². The van der Waals surface area contributed by atoms with Crippen molar-refractivity contribution in [1.29, 1.82) is 0 Å². The Morgan fingerprint density at radius 1 is 1.47 bits per heavy atom. The molecule has 4 nitrogen and oxygen atoms in total. The Kier molecular flexibility index (Phi) is 2.78. The van der Waals surface area contributed by atoms with E-state index in [4.69, 9.17) is 9.47 Å². The van der Waals surface area contributed by atoms with Crippen LogP contribution in [0.4, 0.5) is 0 Å². The molecule has 0 aliphatic carbocycles. The Balaban J connectivity index is 1.89. The van der Waals surface area contributed by atoms with Gasteiger partial charge in [-0.2, -0.15) is 0 Å². The molecule has 1 aliphatic rings. The number of epoxide rings is 1. The molecule has 17 heavy (non-hydrogen) atoms. The lowest BCUT2D eigenvalue weighted by molar-refractivity contribution is 0.264. The average Bonchev–Trinajstić information content (AvgIpc) is 3.09. The van der Waals surface area contributed by atoms with E-state index in [0.717, 1.165) is 28.5 Å². The summed E-state index contributed by atoms with van der Waals surface area (Å²) in [5.41, 5.74) is 1.90. The normalized spacial score (nSPS) is 18.1. The van der Waals surface area contributed by atoms with Gasteiger partial charge in [-0.25, -0.2) is 0 Å². The third kappa shape index (κ3) is 2.30. The Morgan fingerprint density at radius 2 is 2.29 bits per heavy atom. The van der Waals surface area contributed by atoms with E-state index in [1.807, 2.05) is 31.2 Å². The second-order valence-corrected chi connectivity index (χ2v) is 4.90. The van der Waals surface area contributed by atoms with Crippen molar-refractivity contribution < 1.29 is 9.47 Å². The van der Waals surface area contributed by atoms with Gasteiger partial charge in [0.05, 0.1) is 11.5 Å². The fourth-order valence-electron chi connectivity index (χ4n) is 1.61. The second-order valence-electron chi connectivity index (χ2n) is 3.94. The fourth-order valence-corrected chi connectivity index (χ4v) is 2.10. The van der Waals surface area contributed by atoms with Crippen LogP contribution in [0.5, 0.6) is 5.75 Å². The van der Waals surface area contributed by atoms with Crippen molar-refractivity contribution in [3.63, 3.8) is 0 Å². The van der Waals surface area contributed by atoms with Gasteiger partial charge in [0, 0.05) is 5.56 Å². The molecule has 0 radical (unpaired) electrons. The molecule has 1 unspecified atom stereocenters. The van der Waals surface area contributed by atoms with Gasteiger partial charge in [-0.3, -0.25) is 0 Å². The van der Waals surface area contributed by atoms with Crippen LogP contribution in [0, 0.1) is 6.92 Å². The first kappa shape index (κ1) is 10.7. The SMILES string of the molecule is Cc1snnc1-c1ccccc1OCC1CO1. The molecule has 0 spiro atoms. The number of rotatable bonds is 4. The molecule has 0 bridgehead atoms. The highest BCUT2D eigenvalue weighted by atomic mass is 32.1. The van der Waals surface area contributed by atoms with Crippen molar-refractivity contribution in [3.8, 4) is 17.0 Å². The van der Waals surface area contributed by atoms with Gasteiger partial charge < -0.3 is 9.47 Å². The largest absolute Gasteiger partial charge is 0.490 e. The van der Waals surface area contributed by atoms with Crippen LogP contribution in [0.1, 0.15) is 4.88 Å². The zero-order chi connectivity index (χ0) is 11.7. The van der Waals surface area contributed by atoms with Gasteiger partial charge in [-0.15, -0.1) is 5.10 Å². The van der Waals surface area contributed by atoms with E-state index in [0.29, 0.717) is 6.61 Å². The topological polar surface area (TPSA) is 47.5 Å². The number of nitrogens with zero attached hydrogens (tertiary/aromatic N) is 2. The molecule has 1 fully saturated rings. The summed E-state index contributed by atoms with van der Waals surface area (Å²) in [6, 6.07) is 7.90. The molecular weight excluding hydrogens is 236 g/mol. The summed E-state index contributed by atoms with van der Waals surface area (Å²) < 4.78 is 14.8. The zero-order valence-corrected chi connectivity index (χ0v) is 10.2. The maximum Gasteiger partial charge on any atom is 0.128 e. The highest BCUT2D eigenvalue weighted by Crippen LogP contribution is 2.32. The number of hydrogen-bond acceptors (Lipinski definition) is 5. The highest BCUT2D eigenvalue weighted by molar-refractivity contribution is 7.05. The van der Waals surface area contributed by atoms with Crippen LogP contribution in [-0.4, -0.2) is 28.9 Å². The molecule has 2 heterocycles. The Morgan fingerprint density at radius 3 is 3.00 bits per heavy atom. The number of benzene rings is 1. The molecule has 0 saturated carbocycles. The zero-order valence-electron chi connectivity index (χ0n) is 9.42. The van der Waals surface area contributed by atoms with Crippen LogP contribution in [0.3, 0.4) is 0 Å². The summed E-state index contributed by atoms with van der Waals surface area (Å²) in [6.45, 7) is 3.42. The van der Waals surface area contributed by atoms with E-state index in [1.165, 1.54) is 11.5 Å². The first-order chi connectivity index (χ1) is 8.34. The number of aryl methyl sites for hydroxylation is 1. The van der Waals surface area contributed by atoms with Crippen molar-refractivity contribution in [1.82, 2.24) is 9.59 Å². The van der Waals surface area contributed by atoms with E-state index in [-0.39, 0.29) is 6.10 Å². The second kappa shape index (κ2) is 4.43. The molecule has 1 aliphatic heterocycles. The predicted molar refractivity (Wildman–Crippen MR) is 65.3 cm³/mol. The minimum atomic E-state index is 0.262. The van der Waals surface area contributed by atoms with E-state index in [2.05, 4.69) is 9.59 Å². The maximum atomic E-state index is 5.75. The average molecular weight is 248 g/mol. The van der Waals surface area contributed by atoms with Crippen LogP contribution in [0.15, 0.2) is 24.3 Å². The first-order valence-corrected chi connectivity index (χ1v) is 6.24. The summed E-state index contributed by atoms with van der Waals surface area (Å²) in [5, 5.41) is 4.15. The summed E-state index contributed by atoms with van der Waals surface area (Å²) in [6.07, 6.45) is 0.262. The summed E-state index contributed by atoms with van der Waals surface area (Å²) >= 11 is 1.40. The maximum absolute atomic E-state index is 5.75. The molecule has 1 aromatic heterocycles. The van der Waals surface area contributed by atoms with E-state index < -0.39 is 0 Å². The van der Waals surface area contributed by atoms with Crippen LogP contribution >= 0.6 is 11.5 Å². The van der Waals surface area contributed by atoms with Crippen LogP contribution in [0.2, 0.25) is 0 Å². The standard InChI is InChI=1S/C12H12N2O2S/c1-8-12(13-14-17-8)10-4-2-3-5-11(10)16-7-9-6-15-9/h2-5,9H,6-7H2,1H3. The van der Waals surface area contributed by atoms with Crippen LogP contribution < -0.4 is 4.74 Å². The van der Waals surface area contributed by atoms with Gasteiger partial charge in [-0.1, -0.05) is 16.6 Å². The Labute approximate surface area is 103 Å². The molecule has 3 rings (SSSR count). The molecule has 2 aromatic rings.